The first-order valence-corrected chi connectivity index (χ1v) is 7.66. The summed E-state index contributed by atoms with van der Waals surface area (Å²) in [6, 6.07) is 15.5. The van der Waals surface area contributed by atoms with Crippen molar-refractivity contribution < 1.29 is 9.22 Å². The number of benzene rings is 2. The topological polar surface area (TPSA) is 9.23 Å². The lowest BCUT2D eigenvalue weighted by Crippen LogP contribution is -2.42. The number of likely N-dealkylation sites (N-methyl/N-ethyl adjacent to an activating group) is 1. The number of hydrogen-bond acceptors (Lipinski definition) is 1. The lowest BCUT2D eigenvalue weighted by Gasteiger charge is -2.29. The zero-order chi connectivity index (χ0) is 15.3. The molecule has 0 heterocycles. The van der Waals surface area contributed by atoms with Crippen molar-refractivity contribution >= 4 is 23.2 Å². The summed E-state index contributed by atoms with van der Waals surface area (Å²) in [4.78, 5) is 0. The molecule has 21 heavy (non-hydrogen) atoms. The number of rotatable bonds is 6. The molecule has 2 nitrogen and oxygen atoms in total. The van der Waals surface area contributed by atoms with Crippen molar-refractivity contribution in [1.29, 1.82) is 0 Å². The maximum Gasteiger partial charge on any atom is 0.138 e. The van der Waals surface area contributed by atoms with E-state index in [-0.39, 0.29) is 0 Å². The third kappa shape index (κ3) is 5.24. The van der Waals surface area contributed by atoms with Crippen LogP contribution in [0.3, 0.4) is 0 Å². The van der Waals surface area contributed by atoms with Gasteiger partial charge in [-0.2, -0.15) is 0 Å². The molecule has 112 valence electrons. The van der Waals surface area contributed by atoms with E-state index in [1.54, 1.807) is 0 Å². The summed E-state index contributed by atoms with van der Waals surface area (Å²) < 4.78 is 6.60. The van der Waals surface area contributed by atoms with E-state index in [1.165, 1.54) is 5.56 Å². The Hall–Kier alpha value is -1.22. The predicted octanol–water partition coefficient (Wildman–Crippen LogP) is 4.65. The smallest absolute Gasteiger partial charge is 0.138 e. The summed E-state index contributed by atoms with van der Waals surface area (Å²) in [5.41, 5.74) is 1.27. The van der Waals surface area contributed by atoms with Gasteiger partial charge in [0.25, 0.3) is 0 Å². The van der Waals surface area contributed by atoms with Crippen LogP contribution < -0.4 is 4.74 Å². The van der Waals surface area contributed by atoms with Crippen LogP contribution in [0.1, 0.15) is 5.56 Å². The van der Waals surface area contributed by atoms with Gasteiger partial charge in [-0.1, -0.05) is 47.5 Å². The van der Waals surface area contributed by atoms with E-state index in [0.29, 0.717) is 11.6 Å². The van der Waals surface area contributed by atoms with E-state index in [0.717, 1.165) is 28.3 Å². The highest BCUT2D eigenvalue weighted by atomic mass is 35.5. The quantitative estimate of drug-likeness (QED) is 0.703. The van der Waals surface area contributed by atoms with Crippen molar-refractivity contribution in [1.82, 2.24) is 0 Å². The molecule has 0 saturated carbocycles. The maximum absolute atomic E-state index is 6.08. The number of halogens is 2. The molecule has 0 bridgehead atoms. The minimum Gasteiger partial charge on any atom is -0.486 e. The van der Waals surface area contributed by atoms with E-state index in [1.807, 2.05) is 36.4 Å². The molecule has 2 aromatic carbocycles. The molecule has 0 saturated heterocycles. The average Bonchev–Trinajstić information content (AvgIpc) is 2.43. The van der Waals surface area contributed by atoms with Crippen LogP contribution in [-0.2, 0) is 6.54 Å². The molecule has 0 N–H and O–H groups in total. The zero-order valence-corrected chi connectivity index (χ0v) is 13.9. The molecule has 0 atom stereocenters. The van der Waals surface area contributed by atoms with Crippen LogP contribution in [0.15, 0.2) is 48.5 Å². The highest BCUT2D eigenvalue weighted by Gasteiger charge is 2.16. The van der Waals surface area contributed by atoms with Gasteiger partial charge in [0.1, 0.15) is 25.4 Å². The second-order valence-corrected chi connectivity index (χ2v) is 6.57. The molecule has 4 heteroatoms. The Morgan fingerprint density at radius 2 is 1.62 bits per heavy atom. The molecule has 0 aromatic heterocycles. The number of hydrogen-bond donors (Lipinski definition) is 0. The van der Waals surface area contributed by atoms with Crippen molar-refractivity contribution in [3.8, 4) is 5.75 Å². The first-order valence-electron chi connectivity index (χ1n) is 6.90. The van der Waals surface area contributed by atoms with E-state index in [2.05, 4.69) is 26.2 Å². The van der Waals surface area contributed by atoms with E-state index >= 15 is 0 Å². The molecule has 0 aliphatic carbocycles. The minimum atomic E-state index is 0.629. The summed E-state index contributed by atoms with van der Waals surface area (Å²) in [5, 5.41) is 1.42. The standard InChI is InChI=1S/C17H20Cl2NO/c1-20(2,13-14-7-9-15(18)10-8-14)11-12-21-17-6-4-3-5-16(17)19/h3-10H,11-13H2,1-2H3/q+1. The van der Waals surface area contributed by atoms with Crippen molar-refractivity contribution in [2.75, 3.05) is 27.2 Å². The van der Waals surface area contributed by atoms with E-state index in [4.69, 9.17) is 27.9 Å². The van der Waals surface area contributed by atoms with Gasteiger partial charge in [0.05, 0.1) is 19.1 Å². The zero-order valence-electron chi connectivity index (χ0n) is 12.4. The fourth-order valence-electron chi connectivity index (χ4n) is 2.13. The van der Waals surface area contributed by atoms with Crippen LogP contribution in [0.25, 0.3) is 0 Å². The normalized spacial score (nSPS) is 11.4. The van der Waals surface area contributed by atoms with Crippen LogP contribution in [0.4, 0.5) is 0 Å². The Kier molecular flexibility index (Phi) is 5.51. The lowest BCUT2D eigenvalue weighted by molar-refractivity contribution is -0.903. The van der Waals surface area contributed by atoms with Crippen molar-refractivity contribution in [2.24, 2.45) is 0 Å². The lowest BCUT2D eigenvalue weighted by atomic mass is 10.2. The molecule has 0 aliphatic rings. The highest BCUT2D eigenvalue weighted by Crippen LogP contribution is 2.23. The van der Waals surface area contributed by atoms with Gasteiger partial charge in [-0.15, -0.1) is 0 Å². The second kappa shape index (κ2) is 7.17. The van der Waals surface area contributed by atoms with Crippen LogP contribution in [0.5, 0.6) is 5.75 Å². The highest BCUT2D eigenvalue weighted by molar-refractivity contribution is 6.32. The molecule has 0 radical (unpaired) electrons. The molecule has 2 rings (SSSR count). The second-order valence-electron chi connectivity index (χ2n) is 5.72. The van der Waals surface area contributed by atoms with E-state index in [9.17, 15) is 0 Å². The molecule has 0 amide bonds. The fourth-order valence-corrected chi connectivity index (χ4v) is 2.44. The Morgan fingerprint density at radius 3 is 2.29 bits per heavy atom. The van der Waals surface area contributed by atoms with E-state index < -0.39 is 0 Å². The summed E-state index contributed by atoms with van der Waals surface area (Å²) in [6.45, 7) is 2.46. The Balaban J connectivity index is 1.86. The van der Waals surface area contributed by atoms with Gasteiger partial charge in [0.15, 0.2) is 0 Å². The van der Waals surface area contributed by atoms with Gasteiger partial charge >= 0.3 is 0 Å². The molecule has 0 unspecified atom stereocenters. The molecular weight excluding hydrogens is 305 g/mol. The Bertz CT molecular complexity index is 582. The van der Waals surface area contributed by atoms with Crippen molar-refractivity contribution in [3.05, 3.63) is 64.1 Å². The molecule has 0 spiro atoms. The number of ether oxygens (including phenoxy) is 1. The van der Waals surface area contributed by atoms with Gasteiger partial charge < -0.3 is 9.22 Å². The molecule has 0 fully saturated rings. The van der Waals surface area contributed by atoms with Crippen LogP contribution in [-0.4, -0.2) is 31.7 Å². The predicted molar refractivity (Wildman–Crippen MR) is 89.1 cm³/mol. The third-order valence-corrected chi connectivity index (χ3v) is 3.88. The first kappa shape index (κ1) is 16.2. The van der Waals surface area contributed by atoms with Gasteiger partial charge in [-0.3, -0.25) is 0 Å². The third-order valence-electron chi connectivity index (χ3n) is 3.31. The van der Waals surface area contributed by atoms with Crippen molar-refractivity contribution in [3.63, 3.8) is 0 Å². The summed E-state index contributed by atoms with van der Waals surface area (Å²) in [6.07, 6.45) is 0. The monoisotopic (exact) mass is 324 g/mol. The molecular formula is C17H20Cl2NO+. The number of quaternary nitrogens is 1. The van der Waals surface area contributed by atoms with Crippen LogP contribution in [0.2, 0.25) is 10.0 Å². The van der Waals surface area contributed by atoms with Crippen molar-refractivity contribution in [2.45, 2.75) is 6.54 Å². The van der Waals surface area contributed by atoms with Gasteiger partial charge in [0, 0.05) is 10.6 Å². The fraction of sp³-hybridized carbons (Fsp3) is 0.294. The molecule has 2 aromatic rings. The molecule has 0 aliphatic heterocycles. The summed E-state index contributed by atoms with van der Waals surface area (Å²) in [5.74, 6) is 0.741. The number of para-hydroxylation sites is 1. The maximum atomic E-state index is 6.08. The summed E-state index contributed by atoms with van der Waals surface area (Å²) in [7, 11) is 4.37. The minimum absolute atomic E-state index is 0.629. The summed E-state index contributed by atoms with van der Waals surface area (Å²) >= 11 is 12.0. The van der Waals surface area contributed by atoms with Gasteiger partial charge in [-0.25, -0.2) is 0 Å². The largest absolute Gasteiger partial charge is 0.486 e. The Labute approximate surface area is 136 Å². The average molecular weight is 325 g/mol. The number of nitrogens with zero attached hydrogens (tertiary/aromatic N) is 1. The Morgan fingerprint density at radius 1 is 0.952 bits per heavy atom. The van der Waals surface area contributed by atoms with Crippen LogP contribution >= 0.6 is 23.2 Å². The van der Waals surface area contributed by atoms with Gasteiger partial charge in [-0.05, 0) is 24.3 Å². The van der Waals surface area contributed by atoms with Gasteiger partial charge in [0.2, 0.25) is 0 Å². The SMILES string of the molecule is C[N+](C)(CCOc1ccccc1Cl)Cc1ccc(Cl)cc1. The first-order chi connectivity index (χ1) is 9.96. The van der Waals surface area contributed by atoms with Crippen LogP contribution in [0, 0.1) is 0 Å².